The molecule has 0 aliphatic rings. The van der Waals surface area contributed by atoms with Crippen LogP contribution in [0.3, 0.4) is 0 Å². The van der Waals surface area contributed by atoms with Crippen LogP contribution in [0.15, 0.2) is 23.2 Å². The largest absolute Gasteiger partial charge is 0.352 e. The zero-order chi connectivity index (χ0) is 14.3. The highest BCUT2D eigenvalue weighted by molar-refractivity contribution is 8.13. The van der Waals surface area contributed by atoms with Crippen molar-refractivity contribution in [1.82, 2.24) is 5.32 Å². The van der Waals surface area contributed by atoms with Gasteiger partial charge in [-0.05, 0) is 12.3 Å². The molecule has 0 unspecified atom stereocenters. The maximum atomic E-state index is 14.2. The molecule has 0 bridgehead atoms. The average molecular weight is 283 g/mol. The fourth-order valence-electron chi connectivity index (χ4n) is 1.44. The Morgan fingerprint density at radius 3 is 2.68 bits per heavy atom. The van der Waals surface area contributed by atoms with Crippen molar-refractivity contribution in [3.05, 3.63) is 29.6 Å². The van der Waals surface area contributed by atoms with Gasteiger partial charge >= 0.3 is 0 Å². The molecule has 19 heavy (non-hydrogen) atoms. The molecule has 0 saturated heterocycles. The molecule has 0 radical (unpaired) electrons. The molecule has 0 aromatic heterocycles. The van der Waals surface area contributed by atoms with Crippen molar-refractivity contribution >= 4 is 22.6 Å². The lowest BCUT2D eigenvalue weighted by Crippen LogP contribution is -2.13. The van der Waals surface area contributed by atoms with Gasteiger partial charge in [-0.1, -0.05) is 23.9 Å². The van der Waals surface area contributed by atoms with Crippen LogP contribution in [-0.4, -0.2) is 25.6 Å². The summed E-state index contributed by atoms with van der Waals surface area (Å²) in [5.74, 6) is -0.539. The first-order valence-electron chi connectivity index (χ1n) is 5.29. The van der Waals surface area contributed by atoms with Crippen molar-refractivity contribution < 1.29 is 13.9 Å². The molecule has 5 nitrogen and oxygen atoms in total. The molecular formula is C12H14FN3O2S. The fraction of sp³-hybridized carbons (Fsp3) is 0.333. The standard InChI is InChI=1S/C12H14FN3O2S/c1-17-11(18-2)8-5-4-6-9(10(8)13)16-12(19-3)15-7-14/h4-6,11H,1-3H3,(H,15,16). The van der Waals surface area contributed by atoms with E-state index in [1.165, 1.54) is 32.0 Å². The molecular weight excluding hydrogens is 269 g/mol. The number of nitrogens with zero attached hydrogens (tertiary/aromatic N) is 2. The monoisotopic (exact) mass is 283 g/mol. The van der Waals surface area contributed by atoms with Crippen LogP contribution in [0.4, 0.5) is 10.1 Å². The summed E-state index contributed by atoms with van der Waals surface area (Å²) in [6.07, 6.45) is 2.68. The Morgan fingerprint density at radius 1 is 1.47 bits per heavy atom. The Kier molecular flexibility index (Phi) is 6.29. The van der Waals surface area contributed by atoms with E-state index in [0.717, 1.165) is 0 Å². The first kappa shape index (κ1) is 15.4. The summed E-state index contributed by atoms with van der Waals surface area (Å²) in [7, 11) is 2.85. The van der Waals surface area contributed by atoms with Crippen LogP contribution in [0.5, 0.6) is 0 Å². The molecule has 7 heteroatoms. The number of amidine groups is 1. The maximum Gasteiger partial charge on any atom is 0.186 e. The molecule has 0 atom stereocenters. The van der Waals surface area contributed by atoms with Gasteiger partial charge in [-0.15, -0.1) is 0 Å². The minimum absolute atomic E-state index is 0.115. The summed E-state index contributed by atoms with van der Waals surface area (Å²) >= 11 is 1.21. The van der Waals surface area contributed by atoms with Crippen molar-refractivity contribution in [3.63, 3.8) is 0 Å². The molecule has 102 valence electrons. The lowest BCUT2D eigenvalue weighted by molar-refractivity contribution is -0.107. The van der Waals surface area contributed by atoms with Crippen LogP contribution in [0.1, 0.15) is 11.9 Å². The van der Waals surface area contributed by atoms with E-state index < -0.39 is 12.1 Å². The number of thioether (sulfide) groups is 1. The first-order chi connectivity index (χ1) is 9.17. The van der Waals surface area contributed by atoms with Crippen molar-refractivity contribution in [2.24, 2.45) is 4.99 Å². The molecule has 0 spiro atoms. The number of methoxy groups -OCH3 is 2. The van der Waals surface area contributed by atoms with Crippen molar-refractivity contribution in [2.75, 3.05) is 20.5 Å². The van der Waals surface area contributed by atoms with Crippen LogP contribution < -0.4 is 5.32 Å². The van der Waals surface area contributed by atoms with Gasteiger partial charge in [0.25, 0.3) is 0 Å². The van der Waals surface area contributed by atoms with Gasteiger partial charge in [0, 0.05) is 19.8 Å². The molecule has 0 aliphatic carbocycles. The Bertz CT molecular complexity index is 498. The summed E-state index contributed by atoms with van der Waals surface area (Å²) in [6, 6.07) is 4.71. The Labute approximate surface area is 115 Å². The molecule has 0 aliphatic heterocycles. The highest BCUT2D eigenvalue weighted by Gasteiger charge is 2.17. The molecule has 1 N–H and O–H groups in total. The number of halogens is 1. The second kappa shape index (κ2) is 7.74. The minimum Gasteiger partial charge on any atom is -0.352 e. The number of hydrogen-bond donors (Lipinski definition) is 1. The SMILES string of the molecule is COC(OC)c1cccc(N=C(NC#N)SC)c1F. The average Bonchev–Trinajstić information content (AvgIpc) is 2.43. The van der Waals surface area contributed by atoms with Gasteiger partial charge in [0.05, 0.1) is 0 Å². The lowest BCUT2D eigenvalue weighted by atomic mass is 10.2. The van der Waals surface area contributed by atoms with Crippen LogP contribution in [0.2, 0.25) is 0 Å². The van der Waals surface area contributed by atoms with Crippen molar-refractivity contribution in [3.8, 4) is 6.19 Å². The smallest absolute Gasteiger partial charge is 0.186 e. The van der Waals surface area contributed by atoms with Crippen LogP contribution >= 0.6 is 11.8 Å². The van der Waals surface area contributed by atoms with Crippen molar-refractivity contribution in [1.29, 1.82) is 5.26 Å². The van der Waals surface area contributed by atoms with Gasteiger partial charge in [0.1, 0.15) is 5.69 Å². The second-order valence-electron chi connectivity index (χ2n) is 3.34. The third kappa shape index (κ3) is 3.92. The molecule has 0 heterocycles. The molecule has 1 aromatic carbocycles. The molecule has 0 fully saturated rings. The quantitative estimate of drug-likeness (QED) is 0.302. The summed E-state index contributed by atoms with van der Waals surface area (Å²) in [4.78, 5) is 4.04. The first-order valence-corrected chi connectivity index (χ1v) is 6.52. The Balaban J connectivity index is 3.17. The maximum absolute atomic E-state index is 14.2. The highest BCUT2D eigenvalue weighted by Crippen LogP contribution is 2.28. The number of nitrogens with one attached hydrogen (secondary N) is 1. The van der Waals surface area contributed by atoms with Gasteiger partial charge in [-0.25, -0.2) is 9.38 Å². The van der Waals surface area contributed by atoms with Crippen LogP contribution in [0, 0.1) is 17.3 Å². The van der Waals surface area contributed by atoms with E-state index in [0.29, 0.717) is 5.17 Å². The zero-order valence-corrected chi connectivity index (χ0v) is 11.6. The van der Waals surface area contributed by atoms with E-state index in [-0.39, 0.29) is 11.3 Å². The number of benzene rings is 1. The molecule has 1 rings (SSSR count). The summed E-state index contributed by atoms with van der Waals surface area (Å²) in [5, 5.41) is 11.2. The summed E-state index contributed by atoms with van der Waals surface area (Å²) in [6.45, 7) is 0. The summed E-state index contributed by atoms with van der Waals surface area (Å²) < 4.78 is 24.3. The third-order valence-electron chi connectivity index (χ3n) is 2.27. The summed E-state index contributed by atoms with van der Waals surface area (Å²) in [5.41, 5.74) is 0.368. The van der Waals surface area contributed by atoms with E-state index in [4.69, 9.17) is 14.7 Å². The minimum atomic E-state index is -0.795. The topological polar surface area (TPSA) is 66.6 Å². The highest BCUT2D eigenvalue weighted by atomic mass is 32.2. The van der Waals surface area contributed by atoms with E-state index in [9.17, 15) is 4.39 Å². The normalized spacial score (nSPS) is 11.5. The van der Waals surface area contributed by atoms with E-state index in [1.54, 1.807) is 24.6 Å². The van der Waals surface area contributed by atoms with E-state index in [2.05, 4.69) is 10.3 Å². The van der Waals surface area contributed by atoms with Crippen LogP contribution in [-0.2, 0) is 9.47 Å². The molecule has 0 amide bonds. The van der Waals surface area contributed by atoms with E-state index >= 15 is 0 Å². The van der Waals surface area contributed by atoms with Gasteiger partial charge in [0.15, 0.2) is 23.5 Å². The number of ether oxygens (including phenoxy) is 2. The molecule has 0 saturated carbocycles. The Morgan fingerprint density at radius 2 is 2.16 bits per heavy atom. The predicted octanol–water partition coefficient (Wildman–Crippen LogP) is 2.54. The Hall–Kier alpha value is -1.62. The van der Waals surface area contributed by atoms with Gasteiger partial charge in [0.2, 0.25) is 0 Å². The second-order valence-corrected chi connectivity index (χ2v) is 4.14. The van der Waals surface area contributed by atoms with Gasteiger partial charge in [-0.2, -0.15) is 5.26 Å². The number of hydrogen-bond acceptors (Lipinski definition) is 5. The van der Waals surface area contributed by atoms with Gasteiger partial charge < -0.3 is 9.47 Å². The molecule has 1 aromatic rings. The van der Waals surface area contributed by atoms with Gasteiger partial charge in [-0.3, -0.25) is 5.32 Å². The lowest BCUT2D eigenvalue weighted by Gasteiger charge is -2.15. The van der Waals surface area contributed by atoms with Crippen molar-refractivity contribution in [2.45, 2.75) is 6.29 Å². The van der Waals surface area contributed by atoms with Crippen LogP contribution in [0.25, 0.3) is 0 Å². The van der Waals surface area contributed by atoms with E-state index in [1.807, 2.05) is 0 Å². The fourth-order valence-corrected chi connectivity index (χ4v) is 1.77. The third-order valence-corrected chi connectivity index (χ3v) is 2.85. The number of aliphatic imine (C=N–C) groups is 1. The zero-order valence-electron chi connectivity index (χ0n) is 10.8. The number of rotatable bonds is 4. The number of nitriles is 1. The predicted molar refractivity (Wildman–Crippen MR) is 72.5 cm³/mol.